The van der Waals surface area contributed by atoms with Gasteiger partial charge >= 0.3 is 0 Å². The van der Waals surface area contributed by atoms with E-state index >= 15 is 0 Å². The van der Waals surface area contributed by atoms with E-state index < -0.39 is 0 Å². The quantitative estimate of drug-likeness (QED) is 0.356. The number of Topliss-reactive ketones (excluding diaryl/α,β-unsaturated/α-hetero) is 1. The molecule has 0 atom stereocenters. The number of carbonyl (C=O) groups excluding carboxylic acids is 1. The van der Waals surface area contributed by atoms with Crippen molar-refractivity contribution < 1.29 is 4.79 Å². The zero-order chi connectivity index (χ0) is 8.32. The number of carbonyl (C=O) groups is 1. The van der Waals surface area contributed by atoms with Gasteiger partial charge in [0, 0.05) is 13.1 Å². The van der Waals surface area contributed by atoms with E-state index in [-0.39, 0.29) is 11.2 Å². The normalized spacial score (nSPS) is 19.5. The van der Waals surface area contributed by atoms with Gasteiger partial charge in [0.1, 0.15) is 0 Å². The van der Waals surface area contributed by atoms with Crippen LogP contribution in [0.2, 0.25) is 0 Å². The Labute approximate surface area is 66.7 Å². The molecule has 0 aromatic rings. The number of allylic oxidation sites excluding steroid dienone is 1. The van der Waals surface area contributed by atoms with Crippen LogP contribution in [0.25, 0.3) is 0 Å². The van der Waals surface area contributed by atoms with Crippen molar-refractivity contribution in [2.75, 3.05) is 13.1 Å². The first kappa shape index (κ1) is 8.03. The van der Waals surface area contributed by atoms with Crippen LogP contribution in [0.5, 0.6) is 0 Å². The Bertz CT molecular complexity index is 220. The van der Waals surface area contributed by atoms with E-state index in [1.165, 1.54) is 0 Å². The molecule has 0 unspecified atom stereocenters. The van der Waals surface area contributed by atoms with Crippen LogP contribution in [-0.2, 0) is 4.79 Å². The van der Waals surface area contributed by atoms with Crippen LogP contribution in [0.1, 0.15) is 6.42 Å². The third kappa shape index (κ3) is 1.20. The summed E-state index contributed by atoms with van der Waals surface area (Å²) in [5.74, 6) is 2.07. The molecular weight excluding hydrogens is 138 g/mol. The Morgan fingerprint density at radius 1 is 1.82 bits per heavy atom. The largest absolute Gasteiger partial charge is 0.315 e. The van der Waals surface area contributed by atoms with Crippen molar-refractivity contribution in [2.24, 2.45) is 5.41 Å². The molecule has 2 heteroatoms. The van der Waals surface area contributed by atoms with Crippen molar-refractivity contribution in [3.8, 4) is 12.3 Å². The predicted molar refractivity (Wildman–Crippen MR) is 44.0 cm³/mol. The molecule has 1 fully saturated rings. The average molecular weight is 149 g/mol. The summed E-state index contributed by atoms with van der Waals surface area (Å²) in [4.78, 5) is 11.2. The number of hydrogen-bond donors (Lipinski definition) is 1. The minimum Gasteiger partial charge on any atom is -0.315 e. The molecule has 0 aromatic heterocycles. The van der Waals surface area contributed by atoms with Gasteiger partial charge in [-0.3, -0.25) is 4.79 Å². The van der Waals surface area contributed by atoms with Crippen molar-refractivity contribution in [1.29, 1.82) is 0 Å². The minimum atomic E-state index is -0.323. The van der Waals surface area contributed by atoms with E-state index in [1.807, 2.05) is 0 Å². The van der Waals surface area contributed by atoms with Gasteiger partial charge < -0.3 is 5.32 Å². The summed E-state index contributed by atoms with van der Waals surface area (Å²) >= 11 is 0. The van der Waals surface area contributed by atoms with Crippen LogP contribution >= 0.6 is 0 Å². The number of nitrogens with one attached hydrogen (secondary N) is 1. The van der Waals surface area contributed by atoms with Crippen LogP contribution in [0.15, 0.2) is 12.7 Å². The monoisotopic (exact) mass is 149 g/mol. The fourth-order valence-electron chi connectivity index (χ4n) is 1.25. The third-order valence-corrected chi connectivity index (χ3v) is 2.07. The van der Waals surface area contributed by atoms with E-state index in [9.17, 15) is 4.79 Å². The van der Waals surface area contributed by atoms with Crippen molar-refractivity contribution in [3.63, 3.8) is 0 Å². The van der Waals surface area contributed by atoms with E-state index in [2.05, 4.69) is 17.8 Å². The molecule has 0 amide bonds. The molecule has 0 radical (unpaired) electrons. The van der Waals surface area contributed by atoms with Gasteiger partial charge in [-0.25, -0.2) is 0 Å². The number of ketones is 1. The summed E-state index contributed by atoms with van der Waals surface area (Å²) in [5, 5.41) is 3.04. The standard InChI is InChI=1S/C9H11NO/c1-3-5-9(6-10-7-9)8(11)4-2/h2-3,10H,1,5-7H2. The first-order valence-corrected chi connectivity index (χ1v) is 3.58. The first-order valence-electron chi connectivity index (χ1n) is 3.58. The van der Waals surface area contributed by atoms with Gasteiger partial charge in [0.05, 0.1) is 5.41 Å². The SMILES string of the molecule is C#CC(=O)C1(CC=C)CNC1. The smallest absolute Gasteiger partial charge is 0.214 e. The molecule has 11 heavy (non-hydrogen) atoms. The third-order valence-electron chi connectivity index (χ3n) is 2.07. The molecule has 0 spiro atoms. The maximum absolute atomic E-state index is 11.2. The summed E-state index contributed by atoms with van der Waals surface area (Å²) in [6.07, 6.45) is 7.47. The summed E-state index contributed by atoms with van der Waals surface area (Å²) in [7, 11) is 0. The van der Waals surface area contributed by atoms with Gasteiger partial charge in [0.15, 0.2) is 0 Å². The molecule has 0 aromatic carbocycles. The van der Waals surface area contributed by atoms with Gasteiger partial charge in [0.25, 0.3) is 0 Å². The maximum Gasteiger partial charge on any atom is 0.214 e. The molecule has 1 rings (SSSR count). The molecule has 1 saturated heterocycles. The van der Waals surface area contributed by atoms with E-state index in [1.54, 1.807) is 6.08 Å². The van der Waals surface area contributed by atoms with Crippen LogP contribution in [0, 0.1) is 17.8 Å². The second-order valence-electron chi connectivity index (χ2n) is 2.85. The van der Waals surface area contributed by atoms with Gasteiger partial charge in [-0.15, -0.1) is 13.0 Å². The summed E-state index contributed by atoms with van der Waals surface area (Å²) in [6, 6.07) is 0. The molecule has 0 bridgehead atoms. The Morgan fingerprint density at radius 2 is 2.45 bits per heavy atom. The molecule has 1 aliphatic heterocycles. The molecule has 2 nitrogen and oxygen atoms in total. The lowest BCUT2D eigenvalue weighted by atomic mass is 9.75. The number of terminal acetylenes is 1. The lowest BCUT2D eigenvalue weighted by Crippen LogP contribution is -2.57. The first-order chi connectivity index (χ1) is 5.25. The van der Waals surface area contributed by atoms with Crippen molar-refractivity contribution >= 4 is 5.78 Å². The molecule has 0 aliphatic carbocycles. The Hall–Kier alpha value is -1.07. The molecule has 58 valence electrons. The van der Waals surface area contributed by atoms with E-state index in [0.29, 0.717) is 19.5 Å². The van der Waals surface area contributed by atoms with Crippen LogP contribution in [-0.4, -0.2) is 18.9 Å². The topological polar surface area (TPSA) is 29.1 Å². The van der Waals surface area contributed by atoms with Gasteiger partial charge in [-0.1, -0.05) is 6.08 Å². The van der Waals surface area contributed by atoms with E-state index in [4.69, 9.17) is 6.42 Å². The molecule has 1 N–H and O–H groups in total. The van der Waals surface area contributed by atoms with Crippen LogP contribution < -0.4 is 5.32 Å². The summed E-state index contributed by atoms with van der Waals surface area (Å²) in [6.45, 7) is 4.99. The van der Waals surface area contributed by atoms with Gasteiger partial charge in [-0.05, 0) is 12.3 Å². The lowest BCUT2D eigenvalue weighted by Gasteiger charge is -2.38. The van der Waals surface area contributed by atoms with Crippen molar-refractivity contribution in [1.82, 2.24) is 5.32 Å². The van der Waals surface area contributed by atoms with Crippen molar-refractivity contribution in [2.45, 2.75) is 6.42 Å². The average Bonchev–Trinajstić information content (AvgIpc) is 1.95. The fraction of sp³-hybridized carbons (Fsp3) is 0.444. The zero-order valence-corrected chi connectivity index (χ0v) is 6.39. The fourth-order valence-corrected chi connectivity index (χ4v) is 1.25. The zero-order valence-electron chi connectivity index (χ0n) is 6.39. The maximum atomic E-state index is 11.2. The van der Waals surface area contributed by atoms with Gasteiger partial charge in [-0.2, -0.15) is 0 Å². The number of hydrogen-bond acceptors (Lipinski definition) is 2. The lowest BCUT2D eigenvalue weighted by molar-refractivity contribution is -0.125. The highest BCUT2D eigenvalue weighted by Gasteiger charge is 2.41. The summed E-state index contributed by atoms with van der Waals surface area (Å²) < 4.78 is 0. The van der Waals surface area contributed by atoms with Crippen molar-refractivity contribution in [3.05, 3.63) is 12.7 Å². The molecular formula is C9H11NO. The Balaban J connectivity index is 2.68. The van der Waals surface area contributed by atoms with Crippen LogP contribution in [0.4, 0.5) is 0 Å². The van der Waals surface area contributed by atoms with Crippen LogP contribution in [0.3, 0.4) is 0 Å². The van der Waals surface area contributed by atoms with Gasteiger partial charge in [0.2, 0.25) is 5.78 Å². The highest BCUT2D eigenvalue weighted by Crippen LogP contribution is 2.28. The minimum absolute atomic E-state index is 0.101. The highest BCUT2D eigenvalue weighted by molar-refractivity contribution is 6.00. The molecule has 1 aliphatic rings. The van der Waals surface area contributed by atoms with E-state index in [0.717, 1.165) is 0 Å². The second-order valence-corrected chi connectivity index (χ2v) is 2.85. The summed E-state index contributed by atoms with van der Waals surface area (Å²) in [5.41, 5.74) is -0.323. The predicted octanol–water partition coefficient (Wildman–Crippen LogP) is 0.354. The highest BCUT2D eigenvalue weighted by atomic mass is 16.1. The Kier molecular flexibility index (Phi) is 2.11. The second kappa shape index (κ2) is 2.89. The molecule has 0 saturated carbocycles. The Morgan fingerprint density at radius 3 is 2.73 bits per heavy atom. The number of rotatable bonds is 3. The molecule has 1 heterocycles.